The average molecular weight is 517 g/mol. The first-order valence-corrected chi connectivity index (χ1v) is 12.3. The number of methoxy groups -OCH3 is 1. The van der Waals surface area contributed by atoms with E-state index in [-0.39, 0.29) is 29.4 Å². The first-order valence-electron chi connectivity index (χ1n) is 12.3. The number of nitrogens with zero attached hydrogens (tertiary/aromatic N) is 2. The van der Waals surface area contributed by atoms with E-state index in [1.165, 1.54) is 18.1 Å². The van der Waals surface area contributed by atoms with Crippen molar-refractivity contribution in [3.63, 3.8) is 0 Å². The third-order valence-corrected chi connectivity index (χ3v) is 6.46. The number of hydrogen-bond donors (Lipinski definition) is 2. The number of benzene rings is 3. The summed E-state index contributed by atoms with van der Waals surface area (Å²) in [5.41, 5.74) is 3.09. The fourth-order valence-electron chi connectivity index (χ4n) is 4.46. The summed E-state index contributed by atoms with van der Waals surface area (Å²) in [5, 5.41) is 21.4. The summed E-state index contributed by atoms with van der Waals surface area (Å²) < 4.78 is 11.1. The lowest BCUT2D eigenvalue weighted by Gasteiger charge is -2.27. The Bertz CT molecular complexity index is 1360. The number of carbonyl (C=O) groups excluding carboxylic acids is 2. The number of likely N-dealkylation sites (N-methyl/N-ethyl adjacent to an activating group) is 1. The molecule has 1 fully saturated rings. The van der Waals surface area contributed by atoms with Gasteiger partial charge in [0.1, 0.15) is 18.1 Å². The van der Waals surface area contributed by atoms with Crippen LogP contribution in [0.1, 0.15) is 28.3 Å². The van der Waals surface area contributed by atoms with Crippen molar-refractivity contribution in [2.24, 2.45) is 0 Å². The van der Waals surface area contributed by atoms with E-state index in [1.54, 1.807) is 36.4 Å². The number of ketones is 1. The van der Waals surface area contributed by atoms with Gasteiger partial charge in [-0.2, -0.15) is 0 Å². The summed E-state index contributed by atoms with van der Waals surface area (Å²) in [6.45, 7) is 3.21. The second-order valence-electron chi connectivity index (χ2n) is 9.53. The third kappa shape index (κ3) is 5.65. The van der Waals surface area contributed by atoms with Crippen LogP contribution in [0.15, 0.2) is 72.3 Å². The molecule has 0 aromatic heterocycles. The monoisotopic (exact) mass is 516 g/mol. The molecule has 1 heterocycles. The van der Waals surface area contributed by atoms with Crippen molar-refractivity contribution in [3.8, 4) is 17.2 Å². The van der Waals surface area contributed by atoms with Crippen LogP contribution < -0.4 is 9.47 Å². The van der Waals surface area contributed by atoms with Crippen LogP contribution in [-0.4, -0.2) is 66.0 Å². The van der Waals surface area contributed by atoms with Gasteiger partial charge in [-0.15, -0.1) is 0 Å². The van der Waals surface area contributed by atoms with Gasteiger partial charge in [0.25, 0.3) is 11.7 Å². The van der Waals surface area contributed by atoms with Crippen LogP contribution in [0, 0.1) is 6.92 Å². The molecule has 3 aromatic carbocycles. The zero-order valence-electron chi connectivity index (χ0n) is 22.0. The number of hydrogen-bond acceptors (Lipinski definition) is 7. The molecule has 8 heteroatoms. The Morgan fingerprint density at radius 2 is 1.76 bits per heavy atom. The van der Waals surface area contributed by atoms with Crippen LogP contribution in [0.25, 0.3) is 5.76 Å². The standard InChI is InChI=1S/C30H32N2O6/c1-19-6-5-7-20(16-19)18-38-23-11-8-21(9-12-23)28(34)26-27(22-10-13-24(33)25(17-22)37-4)32(15-14-31(2)3)30(36)29(26)35/h5-13,16-17,27,33-34H,14-15,18H2,1-4H3/b28-26+/t27-/m1/s1. The van der Waals surface area contributed by atoms with Gasteiger partial charge < -0.3 is 29.5 Å². The van der Waals surface area contributed by atoms with Crippen molar-refractivity contribution in [1.82, 2.24) is 9.80 Å². The Balaban J connectivity index is 1.68. The number of aliphatic hydroxyl groups excluding tert-OH is 1. The minimum absolute atomic E-state index is 0.0186. The number of carbonyl (C=O) groups is 2. The number of phenolic OH excluding ortho intramolecular Hbond substituents is 1. The largest absolute Gasteiger partial charge is 0.507 e. The molecule has 8 nitrogen and oxygen atoms in total. The van der Waals surface area contributed by atoms with Gasteiger partial charge in [0.15, 0.2) is 11.5 Å². The van der Waals surface area contributed by atoms with Crippen LogP contribution in [0.4, 0.5) is 0 Å². The van der Waals surface area contributed by atoms with Crippen LogP contribution in [-0.2, 0) is 16.2 Å². The zero-order valence-corrected chi connectivity index (χ0v) is 22.0. The number of aryl methyl sites for hydroxylation is 1. The maximum atomic E-state index is 13.2. The van der Waals surface area contributed by atoms with Crippen LogP contribution in [0.5, 0.6) is 17.2 Å². The fourth-order valence-corrected chi connectivity index (χ4v) is 4.46. The molecular weight excluding hydrogens is 484 g/mol. The van der Waals surface area contributed by atoms with Gasteiger partial charge in [-0.1, -0.05) is 35.9 Å². The topological polar surface area (TPSA) is 99.5 Å². The molecule has 0 spiro atoms. The number of Topliss-reactive ketones (excluding diaryl/α,β-unsaturated/α-hetero) is 1. The van der Waals surface area contributed by atoms with Gasteiger partial charge >= 0.3 is 0 Å². The highest BCUT2D eigenvalue weighted by Crippen LogP contribution is 2.41. The molecule has 1 amide bonds. The summed E-state index contributed by atoms with van der Waals surface area (Å²) in [7, 11) is 5.17. The summed E-state index contributed by atoms with van der Waals surface area (Å²) in [6, 6.07) is 18.6. The third-order valence-electron chi connectivity index (χ3n) is 6.46. The van der Waals surface area contributed by atoms with E-state index in [1.807, 2.05) is 50.2 Å². The molecule has 1 aliphatic heterocycles. The maximum absolute atomic E-state index is 13.2. The van der Waals surface area contributed by atoms with E-state index >= 15 is 0 Å². The predicted octanol–water partition coefficient (Wildman–Crippen LogP) is 4.27. The second kappa shape index (κ2) is 11.4. The Kier molecular flexibility index (Phi) is 8.02. The van der Waals surface area contributed by atoms with Gasteiger partial charge in [0.2, 0.25) is 0 Å². The van der Waals surface area contributed by atoms with Crippen molar-refractivity contribution < 1.29 is 29.3 Å². The molecule has 0 radical (unpaired) electrons. The molecule has 1 atom stereocenters. The lowest BCUT2D eigenvalue weighted by molar-refractivity contribution is -0.140. The molecule has 1 saturated heterocycles. The lowest BCUT2D eigenvalue weighted by atomic mass is 9.95. The molecule has 1 aliphatic rings. The van der Waals surface area contributed by atoms with E-state index in [0.717, 1.165) is 11.1 Å². The average Bonchev–Trinajstić information content (AvgIpc) is 3.16. The summed E-state index contributed by atoms with van der Waals surface area (Å²) >= 11 is 0. The van der Waals surface area contributed by atoms with E-state index in [0.29, 0.717) is 30.0 Å². The molecule has 0 unspecified atom stereocenters. The molecular formula is C30H32N2O6. The van der Waals surface area contributed by atoms with Crippen LogP contribution >= 0.6 is 0 Å². The van der Waals surface area contributed by atoms with Crippen molar-refractivity contribution in [1.29, 1.82) is 0 Å². The van der Waals surface area contributed by atoms with E-state index in [2.05, 4.69) is 0 Å². The van der Waals surface area contributed by atoms with Crippen molar-refractivity contribution >= 4 is 17.4 Å². The van der Waals surface area contributed by atoms with Gasteiger partial charge in [-0.05, 0) is 68.5 Å². The first-order chi connectivity index (χ1) is 18.2. The normalized spacial score (nSPS) is 16.8. The van der Waals surface area contributed by atoms with E-state index in [9.17, 15) is 19.8 Å². The highest BCUT2D eigenvalue weighted by atomic mass is 16.5. The van der Waals surface area contributed by atoms with Gasteiger partial charge in [0.05, 0.1) is 18.7 Å². The van der Waals surface area contributed by atoms with Crippen molar-refractivity contribution in [3.05, 3.63) is 94.6 Å². The van der Waals surface area contributed by atoms with E-state index < -0.39 is 17.7 Å². The number of aliphatic hydroxyl groups is 1. The first kappa shape index (κ1) is 26.8. The smallest absolute Gasteiger partial charge is 0.295 e. The van der Waals surface area contributed by atoms with E-state index in [4.69, 9.17) is 9.47 Å². The van der Waals surface area contributed by atoms with Gasteiger partial charge in [-0.3, -0.25) is 9.59 Å². The molecule has 3 aromatic rings. The van der Waals surface area contributed by atoms with Crippen molar-refractivity contribution in [2.75, 3.05) is 34.3 Å². The minimum Gasteiger partial charge on any atom is -0.507 e. The Hall–Kier alpha value is -4.30. The SMILES string of the molecule is COc1cc([C@@H]2/C(=C(\O)c3ccc(OCc4cccc(C)c4)cc3)C(=O)C(=O)N2CCN(C)C)ccc1O. The Morgan fingerprint density at radius 1 is 1.03 bits per heavy atom. The number of aromatic hydroxyl groups is 1. The summed E-state index contributed by atoms with van der Waals surface area (Å²) in [4.78, 5) is 29.6. The van der Waals surface area contributed by atoms with Gasteiger partial charge in [0, 0.05) is 18.7 Å². The van der Waals surface area contributed by atoms with Crippen LogP contribution in [0.2, 0.25) is 0 Å². The quantitative estimate of drug-likeness (QED) is 0.249. The molecule has 198 valence electrons. The minimum atomic E-state index is -0.846. The van der Waals surface area contributed by atoms with Crippen LogP contribution in [0.3, 0.4) is 0 Å². The van der Waals surface area contributed by atoms with Crippen molar-refractivity contribution in [2.45, 2.75) is 19.6 Å². The summed E-state index contributed by atoms with van der Waals surface area (Å²) in [6.07, 6.45) is 0. The Morgan fingerprint density at radius 3 is 2.42 bits per heavy atom. The number of rotatable bonds is 9. The predicted molar refractivity (Wildman–Crippen MR) is 144 cm³/mol. The molecule has 4 rings (SSSR count). The highest BCUT2D eigenvalue weighted by molar-refractivity contribution is 6.46. The molecule has 0 aliphatic carbocycles. The maximum Gasteiger partial charge on any atom is 0.295 e. The number of amides is 1. The van der Waals surface area contributed by atoms with Gasteiger partial charge in [-0.25, -0.2) is 0 Å². The lowest BCUT2D eigenvalue weighted by Crippen LogP contribution is -2.35. The number of ether oxygens (including phenoxy) is 2. The second-order valence-corrected chi connectivity index (χ2v) is 9.53. The summed E-state index contributed by atoms with van der Waals surface area (Å²) in [5.74, 6) is -0.993. The highest BCUT2D eigenvalue weighted by Gasteiger charge is 2.46. The molecule has 38 heavy (non-hydrogen) atoms. The number of likely N-dealkylation sites (tertiary alicyclic amines) is 1. The molecule has 0 bridgehead atoms. The zero-order chi connectivity index (χ0) is 27.4. The Labute approximate surface area is 222 Å². The number of phenols is 1. The molecule has 0 saturated carbocycles. The molecule has 2 N–H and O–H groups in total. The fraction of sp³-hybridized carbons (Fsp3) is 0.267.